The van der Waals surface area contributed by atoms with Crippen LogP contribution in [0.5, 0.6) is 0 Å². The van der Waals surface area contributed by atoms with Gasteiger partial charge in [-0.2, -0.15) is 0 Å². The summed E-state index contributed by atoms with van der Waals surface area (Å²) < 4.78 is 15.5. The molecular formula is C8H18NO4P. The first-order valence-corrected chi connectivity index (χ1v) is 6.43. The summed E-state index contributed by atoms with van der Waals surface area (Å²) in [6, 6.07) is 0. The Kier molecular flexibility index (Phi) is 4.10. The Bertz CT molecular complexity index is 221. The summed E-state index contributed by atoms with van der Waals surface area (Å²) in [5, 5.41) is 0. The van der Waals surface area contributed by atoms with E-state index in [-0.39, 0.29) is 6.61 Å². The van der Waals surface area contributed by atoms with Crippen molar-refractivity contribution in [3.8, 4) is 0 Å². The lowest BCUT2D eigenvalue weighted by Gasteiger charge is -2.37. The summed E-state index contributed by atoms with van der Waals surface area (Å²) in [5.41, 5.74) is 0. The molecular weight excluding hydrogens is 205 g/mol. The molecule has 0 aromatic carbocycles. The van der Waals surface area contributed by atoms with Gasteiger partial charge < -0.3 is 18.8 Å². The average molecular weight is 223 g/mol. The van der Waals surface area contributed by atoms with Gasteiger partial charge in [-0.25, -0.2) is 0 Å². The SMILES string of the molecule is C[N+]1(CCOP(=O)([O-])O)CCCCC1. The number of phosphoric ester groups is 1. The maximum atomic E-state index is 10.3. The van der Waals surface area contributed by atoms with Crippen LogP contribution in [0, 0.1) is 0 Å². The lowest BCUT2D eigenvalue weighted by atomic mass is 10.1. The highest BCUT2D eigenvalue weighted by molar-refractivity contribution is 7.44. The van der Waals surface area contributed by atoms with Gasteiger partial charge in [0, 0.05) is 0 Å². The van der Waals surface area contributed by atoms with E-state index in [4.69, 9.17) is 4.89 Å². The van der Waals surface area contributed by atoms with E-state index in [1.54, 1.807) is 0 Å². The van der Waals surface area contributed by atoms with Crippen LogP contribution in [0.3, 0.4) is 0 Å². The maximum absolute atomic E-state index is 10.3. The minimum atomic E-state index is -4.52. The molecule has 1 fully saturated rings. The number of piperidine rings is 1. The molecule has 0 aromatic rings. The molecule has 1 rings (SSSR count). The van der Waals surface area contributed by atoms with Crippen molar-refractivity contribution in [2.24, 2.45) is 0 Å². The van der Waals surface area contributed by atoms with Crippen molar-refractivity contribution in [3.63, 3.8) is 0 Å². The van der Waals surface area contributed by atoms with Crippen LogP contribution in [0.1, 0.15) is 19.3 Å². The van der Waals surface area contributed by atoms with Gasteiger partial charge in [0.05, 0.1) is 20.1 Å². The molecule has 0 saturated carbocycles. The lowest BCUT2D eigenvalue weighted by Crippen LogP contribution is -2.49. The summed E-state index contributed by atoms with van der Waals surface area (Å²) >= 11 is 0. The van der Waals surface area contributed by atoms with Crippen LogP contribution in [0.2, 0.25) is 0 Å². The minimum Gasteiger partial charge on any atom is -0.756 e. The summed E-state index contributed by atoms with van der Waals surface area (Å²) in [6.07, 6.45) is 3.63. The number of nitrogens with zero attached hydrogens (tertiary/aromatic N) is 1. The second kappa shape index (κ2) is 4.73. The third-order valence-corrected chi connectivity index (χ3v) is 3.29. The van der Waals surface area contributed by atoms with Crippen LogP contribution in [0.25, 0.3) is 0 Å². The predicted octanol–water partition coefficient (Wildman–Crippen LogP) is 0.0942. The van der Waals surface area contributed by atoms with Gasteiger partial charge in [0.15, 0.2) is 0 Å². The molecule has 0 bridgehead atoms. The molecule has 1 saturated heterocycles. The lowest BCUT2D eigenvalue weighted by molar-refractivity contribution is -0.914. The molecule has 1 atom stereocenters. The van der Waals surface area contributed by atoms with Crippen molar-refractivity contribution in [1.29, 1.82) is 0 Å². The quantitative estimate of drug-likeness (QED) is 0.542. The van der Waals surface area contributed by atoms with Gasteiger partial charge in [-0.05, 0) is 19.3 Å². The van der Waals surface area contributed by atoms with Crippen LogP contribution < -0.4 is 4.89 Å². The highest BCUT2D eigenvalue weighted by Crippen LogP contribution is 2.30. The third-order valence-electron chi connectivity index (χ3n) is 2.78. The molecule has 5 nitrogen and oxygen atoms in total. The monoisotopic (exact) mass is 223 g/mol. The number of hydrogen-bond donors (Lipinski definition) is 1. The molecule has 14 heavy (non-hydrogen) atoms. The molecule has 0 aliphatic carbocycles. The number of hydrogen-bond acceptors (Lipinski definition) is 3. The number of phosphoric acid groups is 1. The van der Waals surface area contributed by atoms with Gasteiger partial charge in [-0.15, -0.1) is 0 Å². The molecule has 0 aromatic heterocycles. The fraction of sp³-hybridized carbons (Fsp3) is 1.00. The molecule has 6 heteroatoms. The van der Waals surface area contributed by atoms with Crippen LogP contribution in [0.4, 0.5) is 0 Å². The fourth-order valence-electron chi connectivity index (χ4n) is 1.88. The molecule has 0 amide bonds. The number of likely N-dealkylation sites (N-methyl/N-ethyl adjacent to an activating group) is 1. The van der Waals surface area contributed by atoms with E-state index >= 15 is 0 Å². The summed E-state index contributed by atoms with van der Waals surface area (Å²) in [4.78, 5) is 18.7. The van der Waals surface area contributed by atoms with Crippen LogP contribution in [0.15, 0.2) is 0 Å². The maximum Gasteiger partial charge on any atom is 0.265 e. The minimum absolute atomic E-state index is 0.0772. The van der Waals surface area contributed by atoms with Gasteiger partial charge in [0.25, 0.3) is 7.82 Å². The Morgan fingerprint density at radius 2 is 2.00 bits per heavy atom. The Hall–Kier alpha value is 0.0700. The van der Waals surface area contributed by atoms with E-state index in [0.29, 0.717) is 6.54 Å². The topological polar surface area (TPSA) is 69.6 Å². The van der Waals surface area contributed by atoms with E-state index in [1.807, 2.05) is 0 Å². The Labute approximate surface area is 84.5 Å². The number of rotatable bonds is 4. The molecule has 84 valence electrons. The van der Waals surface area contributed by atoms with Crippen molar-refractivity contribution in [2.75, 3.05) is 33.3 Å². The molecule has 1 unspecified atom stereocenters. The Morgan fingerprint density at radius 3 is 2.50 bits per heavy atom. The Morgan fingerprint density at radius 1 is 1.43 bits per heavy atom. The van der Waals surface area contributed by atoms with Gasteiger partial charge in [-0.3, -0.25) is 4.57 Å². The van der Waals surface area contributed by atoms with Gasteiger partial charge >= 0.3 is 0 Å². The molecule has 1 aliphatic rings. The van der Waals surface area contributed by atoms with Crippen molar-refractivity contribution in [2.45, 2.75) is 19.3 Å². The van der Waals surface area contributed by atoms with E-state index in [1.165, 1.54) is 19.3 Å². The first kappa shape index (κ1) is 12.1. The van der Waals surface area contributed by atoms with Gasteiger partial charge in [0.2, 0.25) is 0 Å². The summed E-state index contributed by atoms with van der Waals surface area (Å²) in [7, 11) is -2.43. The van der Waals surface area contributed by atoms with Crippen LogP contribution >= 0.6 is 7.82 Å². The molecule has 1 heterocycles. The number of quaternary nitrogens is 1. The summed E-state index contributed by atoms with van der Waals surface area (Å²) in [5.74, 6) is 0. The number of likely N-dealkylation sites (tertiary alicyclic amines) is 1. The van der Waals surface area contributed by atoms with Gasteiger partial charge in [0.1, 0.15) is 13.2 Å². The second-order valence-corrected chi connectivity index (χ2v) is 5.35. The highest BCUT2D eigenvalue weighted by Gasteiger charge is 2.24. The highest BCUT2D eigenvalue weighted by atomic mass is 31.2. The molecule has 1 aliphatic heterocycles. The normalized spacial score (nSPS) is 25.6. The van der Waals surface area contributed by atoms with E-state index in [9.17, 15) is 9.46 Å². The summed E-state index contributed by atoms with van der Waals surface area (Å²) in [6.45, 7) is 2.86. The largest absolute Gasteiger partial charge is 0.756 e. The third kappa shape index (κ3) is 4.53. The zero-order valence-electron chi connectivity index (χ0n) is 8.52. The van der Waals surface area contributed by atoms with Crippen molar-refractivity contribution in [1.82, 2.24) is 0 Å². The fourth-order valence-corrected chi connectivity index (χ4v) is 2.19. The molecule has 1 N–H and O–H groups in total. The standard InChI is InChI=1S/C8H18NO4P/c1-9(5-3-2-4-6-9)7-8-13-14(10,11)12/h2-8H2,1H3,(H-,10,11,12). The zero-order chi connectivity index (χ0) is 10.7. The molecule has 0 spiro atoms. The van der Waals surface area contributed by atoms with Crippen LogP contribution in [-0.4, -0.2) is 42.7 Å². The molecule has 0 radical (unpaired) electrons. The van der Waals surface area contributed by atoms with Crippen molar-refractivity contribution < 1.29 is 23.4 Å². The first-order chi connectivity index (χ1) is 6.41. The van der Waals surface area contributed by atoms with E-state index in [0.717, 1.165) is 17.6 Å². The van der Waals surface area contributed by atoms with E-state index < -0.39 is 7.82 Å². The van der Waals surface area contributed by atoms with Gasteiger partial charge in [-0.1, -0.05) is 0 Å². The van der Waals surface area contributed by atoms with Crippen molar-refractivity contribution >= 4 is 7.82 Å². The van der Waals surface area contributed by atoms with E-state index in [2.05, 4.69) is 11.6 Å². The first-order valence-electron chi connectivity index (χ1n) is 4.93. The second-order valence-electron chi connectivity index (χ2n) is 4.15. The average Bonchev–Trinajstić information content (AvgIpc) is 2.02. The van der Waals surface area contributed by atoms with Crippen molar-refractivity contribution in [3.05, 3.63) is 0 Å². The zero-order valence-corrected chi connectivity index (χ0v) is 9.41. The smallest absolute Gasteiger partial charge is 0.265 e. The predicted molar refractivity (Wildman–Crippen MR) is 50.4 cm³/mol. The van der Waals surface area contributed by atoms with Crippen LogP contribution in [-0.2, 0) is 9.09 Å². The Balaban J connectivity index is 2.25.